The SMILES string of the molecule is O=C(O)C1CCC(C(=O)N2CCC(c3cccc(Br)c3)CC2)CC1. The lowest BCUT2D eigenvalue weighted by molar-refractivity contribution is -0.146. The van der Waals surface area contributed by atoms with E-state index in [-0.39, 0.29) is 17.7 Å². The number of rotatable bonds is 3. The minimum atomic E-state index is -0.712. The van der Waals surface area contributed by atoms with E-state index < -0.39 is 5.97 Å². The molecule has 1 aliphatic heterocycles. The van der Waals surface area contributed by atoms with Gasteiger partial charge < -0.3 is 10.0 Å². The van der Waals surface area contributed by atoms with Gasteiger partial charge in [-0.1, -0.05) is 28.1 Å². The van der Waals surface area contributed by atoms with Crippen molar-refractivity contribution in [3.8, 4) is 0 Å². The number of aliphatic carboxylic acids is 1. The molecule has 4 nitrogen and oxygen atoms in total. The summed E-state index contributed by atoms with van der Waals surface area (Å²) in [7, 11) is 0. The van der Waals surface area contributed by atoms with Gasteiger partial charge in [-0.15, -0.1) is 0 Å². The van der Waals surface area contributed by atoms with Crippen molar-refractivity contribution in [2.45, 2.75) is 44.4 Å². The molecule has 1 saturated heterocycles. The number of piperidine rings is 1. The number of carbonyl (C=O) groups excluding carboxylic acids is 1. The van der Waals surface area contributed by atoms with Crippen LogP contribution in [0.5, 0.6) is 0 Å². The molecule has 3 rings (SSSR count). The van der Waals surface area contributed by atoms with Crippen LogP contribution in [0.2, 0.25) is 0 Å². The summed E-state index contributed by atoms with van der Waals surface area (Å²) < 4.78 is 1.11. The Kier molecular flexibility index (Phi) is 5.59. The molecule has 0 bridgehead atoms. The van der Waals surface area contributed by atoms with Gasteiger partial charge in [0.2, 0.25) is 5.91 Å². The van der Waals surface area contributed by atoms with Crippen LogP contribution in [-0.4, -0.2) is 35.0 Å². The number of carbonyl (C=O) groups is 2. The average Bonchev–Trinajstić information content (AvgIpc) is 2.61. The van der Waals surface area contributed by atoms with E-state index in [9.17, 15) is 9.59 Å². The summed E-state index contributed by atoms with van der Waals surface area (Å²) in [6.07, 6.45) is 4.74. The monoisotopic (exact) mass is 393 g/mol. The zero-order chi connectivity index (χ0) is 17.1. The number of nitrogens with zero attached hydrogens (tertiary/aromatic N) is 1. The van der Waals surface area contributed by atoms with Crippen LogP contribution in [0.1, 0.15) is 50.0 Å². The second-order valence-electron chi connectivity index (χ2n) is 7.04. The highest BCUT2D eigenvalue weighted by Gasteiger charge is 2.33. The zero-order valence-corrected chi connectivity index (χ0v) is 15.4. The molecule has 1 amide bonds. The molecule has 130 valence electrons. The molecule has 1 aromatic carbocycles. The lowest BCUT2D eigenvalue weighted by Crippen LogP contribution is -2.42. The van der Waals surface area contributed by atoms with Crippen molar-refractivity contribution in [3.05, 3.63) is 34.3 Å². The van der Waals surface area contributed by atoms with Crippen LogP contribution in [0.4, 0.5) is 0 Å². The third-order valence-electron chi connectivity index (χ3n) is 5.55. The average molecular weight is 394 g/mol. The first kappa shape index (κ1) is 17.5. The number of hydrogen-bond acceptors (Lipinski definition) is 2. The fourth-order valence-corrected chi connectivity index (χ4v) is 4.46. The van der Waals surface area contributed by atoms with Gasteiger partial charge in [0.1, 0.15) is 0 Å². The Morgan fingerprint density at radius 2 is 1.62 bits per heavy atom. The Hall–Kier alpha value is -1.36. The van der Waals surface area contributed by atoms with Crippen molar-refractivity contribution in [1.82, 2.24) is 4.90 Å². The van der Waals surface area contributed by atoms with E-state index in [1.807, 2.05) is 11.0 Å². The van der Waals surface area contributed by atoms with E-state index in [4.69, 9.17) is 5.11 Å². The van der Waals surface area contributed by atoms with Gasteiger partial charge in [-0.25, -0.2) is 0 Å². The molecule has 1 saturated carbocycles. The highest BCUT2D eigenvalue weighted by molar-refractivity contribution is 9.10. The van der Waals surface area contributed by atoms with Crippen molar-refractivity contribution in [1.29, 1.82) is 0 Å². The Balaban J connectivity index is 1.51. The third-order valence-corrected chi connectivity index (χ3v) is 6.05. The first-order chi connectivity index (χ1) is 11.5. The van der Waals surface area contributed by atoms with Gasteiger partial charge in [0.05, 0.1) is 5.92 Å². The highest BCUT2D eigenvalue weighted by Crippen LogP contribution is 2.33. The molecule has 1 aliphatic carbocycles. The predicted octanol–water partition coefficient (Wildman–Crippen LogP) is 4.05. The lowest BCUT2D eigenvalue weighted by atomic mass is 9.81. The lowest BCUT2D eigenvalue weighted by Gasteiger charge is -2.36. The van der Waals surface area contributed by atoms with Gasteiger partial charge in [0.15, 0.2) is 0 Å². The van der Waals surface area contributed by atoms with Crippen molar-refractivity contribution >= 4 is 27.8 Å². The third kappa shape index (κ3) is 4.00. The number of amides is 1. The van der Waals surface area contributed by atoms with Crippen LogP contribution in [0.15, 0.2) is 28.7 Å². The summed E-state index contributed by atoms with van der Waals surface area (Å²) in [4.78, 5) is 25.7. The Labute approximate surface area is 151 Å². The minimum absolute atomic E-state index is 0.0306. The highest BCUT2D eigenvalue weighted by atomic mass is 79.9. The number of hydrogen-bond donors (Lipinski definition) is 1. The number of halogens is 1. The second kappa shape index (κ2) is 7.68. The van der Waals surface area contributed by atoms with Crippen LogP contribution >= 0.6 is 15.9 Å². The molecule has 5 heteroatoms. The van der Waals surface area contributed by atoms with E-state index in [2.05, 4.69) is 34.1 Å². The Bertz CT molecular complexity index is 602. The molecule has 1 heterocycles. The molecule has 0 unspecified atom stereocenters. The fourth-order valence-electron chi connectivity index (χ4n) is 4.04. The molecule has 0 spiro atoms. The molecule has 1 N–H and O–H groups in total. The smallest absolute Gasteiger partial charge is 0.306 e. The molecular weight excluding hydrogens is 370 g/mol. The minimum Gasteiger partial charge on any atom is -0.481 e. The van der Waals surface area contributed by atoms with Gasteiger partial charge in [-0.3, -0.25) is 9.59 Å². The maximum Gasteiger partial charge on any atom is 0.306 e. The Morgan fingerprint density at radius 1 is 1.00 bits per heavy atom. The number of carboxylic acids is 1. The number of benzene rings is 1. The van der Waals surface area contributed by atoms with Gasteiger partial charge in [-0.2, -0.15) is 0 Å². The van der Waals surface area contributed by atoms with E-state index in [1.165, 1.54) is 5.56 Å². The van der Waals surface area contributed by atoms with Crippen molar-refractivity contribution in [3.63, 3.8) is 0 Å². The standard InChI is InChI=1S/C19H24BrNO3/c20-17-3-1-2-16(12-17)13-8-10-21(11-9-13)18(22)14-4-6-15(7-5-14)19(23)24/h1-3,12-15H,4-11H2,(H,23,24). The van der Waals surface area contributed by atoms with E-state index in [0.29, 0.717) is 18.8 Å². The maximum atomic E-state index is 12.7. The van der Waals surface area contributed by atoms with Crippen molar-refractivity contribution in [2.24, 2.45) is 11.8 Å². The predicted molar refractivity (Wildman–Crippen MR) is 95.8 cm³/mol. The number of carboxylic acid groups (broad SMARTS) is 1. The van der Waals surface area contributed by atoms with Gasteiger partial charge >= 0.3 is 5.97 Å². The summed E-state index contributed by atoms with van der Waals surface area (Å²) >= 11 is 3.52. The van der Waals surface area contributed by atoms with Crippen LogP contribution in [-0.2, 0) is 9.59 Å². The molecule has 2 fully saturated rings. The van der Waals surface area contributed by atoms with Crippen LogP contribution < -0.4 is 0 Å². The van der Waals surface area contributed by atoms with Crippen molar-refractivity contribution in [2.75, 3.05) is 13.1 Å². The van der Waals surface area contributed by atoms with Gasteiger partial charge in [0.25, 0.3) is 0 Å². The van der Waals surface area contributed by atoms with Crippen molar-refractivity contribution < 1.29 is 14.7 Å². The van der Waals surface area contributed by atoms with Gasteiger partial charge in [-0.05, 0) is 62.1 Å². The quantitative estimate of drug-likeness (QED) is 0.842. The molecule has 0 atom stereocenters. The molecular formula is C19H24BrNO3. The van der Waals surface area contributed by atoms with E-state index in [1.54, 1.807) is 0 Å². The molecule has 2 aliphatic rings. The van der Waals surface area contributed by atoms with Crippen LogP contribution in [0, 0.1) is 11.8 Å². The zero-order valence-electron chi connectivity index (χ0n) is 13.8. The topological polar surface area (TPSA) is 57.6 Å². The Morgan fingerprint density at radius 3 is 2.21 bits per heavy atom. The number of likely N-dealkylation sites (tertiary alicyclic amines) is 1. The first-order valence-electron chi connectivity index (χ1n) is 8.81. The van der Waals surface area contributed by atoms with Crippen LogP contribution in [0.3, 0.4) is 0 Å². The molecule has 1 aromatic rings. The normalized spacial score (nSPS) is 25.5. The second-order valence-corrected chi connectivity index (χ2v) is 7.96. The van der Waals surface area contributed by atoms with E-state index in [0.717, 1.165) is 43.2 Å². The summed E-state index contributed by atoms with van der Waals surface area (Å²) in [5.74, 6) is -0.170. The maximum absolute atomic E-state index is 12.7. The molecule has 24 heavy (non-hydrogen) atoms. The largest absolute Gasteiger partial charge is 0.481 e. The van der Waals surface area contributed by atoms with Gasteiger partial charge in [0, 0.05) is 23.5 Å². The summed E-state index contributed by atoms with van der Waals surface area (Å²) in [6.45, 7) is 1.63. The molecule has 0 aromatic heterocycles. The summed E-state index contributed by atoms with van der Waals surface area (Å²) in [5.41, 5.74) is 1.35. The molecule has 0 radical (unpaired) electrons. The first-order valence-corrected chi connectivity index (χ1v) is 9.61. The summed E-state index contributed by atoms with van der Waals surface area (Å²) in [5, 5.41) is 9.07. The van der Waals surface area contributed by atoms with E-state index >= 15 is 0 Å². The fraction of sp³-hybridized carbons (Fsp3) is 0.579. The summed E-state index contributed by atoms with van der Waals surface area (Å²) in [6, 6.07) is 8.45. The van der Waals surface area contributed by atoms with Crippen LogP contribution in [0.25, 0.3) is 0 Å².